The van der Waals surface area contributed by atoms with Crippen LogP contribution < -0.4 is 14.2 Å². The van der Waals surface area contributed by atoms with E-state index in [0.29, 0.717) is 24.6 Å². The molecule has 2 aromatic carbocycles. The van der Waals surface area contributed by atoms with E-state index in [4.69, 9.17) is 14.2 Å². The Morgan fingerprint density at radius 1 is 1.12 bits per heavy atom. The third kappa shape index (κ3) is 3.93. The van der Waals surface area contributed by atoms with Crippen LogP contribution in [0.3, 0.4) is 0 Å². The number of likely N-dealkylation sites (N-methyl/N-ethyl adjacent to an activating group) is 1. The number of amides is 1. The largest absolute Gasteiger partial charge is 0.493 e. The maximum Gasteiger partial charge on any atom is 0.253 e. The van der Waals surface area contributed by atoms with Crippen LogP contribution in [0.25, 0.3) is 0 Å². The molecule has 1 heterocycles. The average molecular weight is 353 g/mol. The lowest BCUT2D eigenvalue weighted by Gasteiger charge is -2.29. The fourth-order valence-corrected chi connectivity index (χ4v) is 2.95. The molecule has 0 N–H and O–H groups in total. The van der Waals surface area contributed by atoms with E-state index in [1.54, 1.807) is 11.9 Å². The Morgan fingerprint density at radius 2 is 1.85 bits per heavy atom. The molecule has 0 radical (unpaired) electrons. The van der Waals surface area contributed by atoms with Gasteiger partial charge < -0.3 is 19.1 Å². The Hall–Kier alpha value is -2.69. The molecule has 1 fully saturated rings. The minimum Gasteiger partial charge on any atom is -0.493 e. The van der Waals surface area contributed by atoms with Crippen molar-refractivity contribution < 1.29 is 19.0 Å². The van der Waals surface area contributed by atoms with Crippen molar-refractivity contribution in [2.24, 2.45) is 5.92 Å². The molecule has 1 unspecified atom stereocenters. The van der Waals surface area contributed by atoms with Gasteiger partial charge in [-0.05, 0) is 55.2 Å². The smallest absolute Gasteiger partial charge is 0.253 e. The normalized spacial score (nSPS) is 18.3. The van der Waals surface area contributed by atoms with E-state index in [1.807, 2.05) is 48.5 Å². The Labute approximate surface area is 153 Å². The van der Waals surface area contributed by atoms with E-state index >= 15 is 0 Å². The Morgan fingerprint density at radius 3 is 2.58 bits per heavy atom. The van der Waals surface area contributed by atoms with Crippen molar-refractivity contribution in [2.75, 3.05) is 26.8 Å². The number of rotatable bonds is 6. The first kappa shape index (κ1) is 16.8. The molecule has 1 amide bonds. The fourth-order valence-electron chi connectivity index (χ4n) is 2.95. The van der Waals surface area contributed by atoms with Crippen LogP contribution in [0.1, 0.15) is 23.2 Å². The third-order valence-electron chi connectivity index (χ3n) is 4.68. The average Bonchev–Trinajstić information content (AvgIpc) is 3.50. The van der Waals surface area contributed by atoms with Crippen molar-refractivity contribution in [3.8, 4) is 17.2 Å². The van der Waals surface area contributed by atoms with Gasteiger partial charge in [-0.2, -0.15) is 0 Å². The standard InChI is InChI=1S/C21H23NO4/c1-22(12-18-14-25-19-4-2-3-5-20(19)26-18)21(23)16-8-10-17(11-9-16)24-13-15-6-7-15/h2-5,8-11,15,18H,6-7,12-14H2,1H3. The second kappa shape index (κ2) is 7.28. The van der Waals surface area contributed by atoms with E-state index in [2.05, 4.69) is 0 Å². The van der Waals surface area contributed by atoms with Crippen molar-refractivity contribution in [3.05, 3.63) is 54.1 Å². The van der Waals surface area contributed by atoms with Gasteiger partial charge in [0.2, 0.25) is 0 Å². The molecule has 1 aliphatic carbocycles. The molecule has 1 atom stereocenters. The summed E-state index contributed by atoms with van der Waals surface area (Å²) in [5.74, 6) is 2.96. The third-order valence-corrected chi connectivity index (χ3v) is 4.68. The van der Waals surface area contributed by atoms with Crippen LogP contribution in [0, 0.1) is 5.92 Å². The molecule has 0 aromatic heterocycles. The van der Waals surface area contributed by atoms with Crippen molar-refractivity contribution in [1.82, 2.24) is 4.90 Å². The van der Waals surface area contributed by atoms with E-state index in [0.717, 1.165) is 23.9 Å². The van der Waals surface area contributed by atoms with Crippen LogP contribution in [0.4, 0.5) is 0 Å². The zero-order valence-electron chi connectivity index (χ0n) is 14.9. The number of hydrogen-bond donors (Lipinski definition) is 0. The van der Waals surface area contributed by atoms with Gasteiger partial charge in [-0.1, -0.05) is 12.1 Å². The van der Waals surface area contributed by atoms with Crippen LogP contribution in [0.15, 0.2) is 48.5 Å². The molecule has 4 rings (SSSR count). The molecular formula is C21H23NO4. The van der Waals surface area contributed by atoms with Crippen LogP contribution in [0.5, 0.6) is 17.2 Å². The highest BCUT2D eigenvalue weighted by Crippen LogP contribution is 2.31. The first-order valence-corrected chi connectivity index (χ1v) is 9.06. The Balaban J connectivity index is 1.32. The first-order chi connectivity index (χ1) is 12.7. The molecule has 136 valence electrons. The molecule has 0 saturated heterocycles. The van der Waals surface area contributed by atoms with E-state index in [-0.39, 0.29) is 12.0 Å². The summed E-state index contributed by atoms with van der Waals surface area (Å²) in [4.78, 5) is 14.3. The summed E-state index contributed by atoms with van der Waals surface area (Å²) in [7, 11) is 1.78. The van der Waals surface area contributed by atoms with Crippen LogP contribution in [0.2, 0.25) is 0 Å². The summed E-state index contributed by atoms with van der Waals surface area (Å²) in [6.07, 6.45) is 2.34. The van der Waals surface area contributed by atoms with Gasteiger partial charge in [0.15, 0.2) is 17.6 Å². The van der Waals surface area contributed by atoms with Crippen LogP contribution in [-0.4, -0.2) is 43.7 Å². The summed E-state index contributed by atoms with van der Waals surface area (Å²) in [5, 5.41) is 0. The minimum absolute atomic E-state index is 0.0406. The van der Waals surface area contributed by atoms with Crippen molar-refractivity contribution in [3.63, 3.8) is 0 Å². The quantitative estimate of drug-likeness (QED) is 0.799. The number of ether oxygens (including phenoxy) is 3. The molecular weight excluding hydrogens is 330 g/mol. The van der Waals surface area contributed by atoms with E-state index < -0.39 is 0 Å². The predicted molar refractivity (Wildman–Crippen MR) is 98.0 cm³/mol. The number of hydrogen-bond acceptors (Lipinski definition) is 4. The van der Waals surface area contributed by atoms with Crippen molar-refractivity contribution in [1.29, 1.82) is 0 Å². The molecule has 1 aliphatic heterocycles. The SMILES string of the molecule is CN(CC1COc2ccccc2O1)C(=O)c1ccc(OCC2CC2)cc1. The number of carbonyl (C=O) groups excluding carboxylic acids is 1. The number of carbonyl (C=O) groups is 1. The minimum atomic E-state index is -0.181. The van der Waals surface area contributed by atoms with Gasteiger partial charge in [0.25, 0.3) is 5.91 Å². The summed E-state index contributed by atoms with van der Waals surface area (Å²) in [6.45, 7) is 1.67. The number of para-hydroxylation sites is 2. The zero-order chi connectivity index (χ0) is 17.9. The van der Waals surface area contributed by atoms with Crippen LogP contribution in [-0.2, 0) is 0 Å². The lowest BCUT2D eigenvalue weighted by Crippen LogP contribution is -2.41. The number of benzene rings is 2. The number of nitrogens with zero attached hydrogens (tertiary/aromatic N) is 1. The highest BCUT2D eigenvalue weighted by Gasteiger charge is 2.24. The lowest BCUT2D eigenvalue weighted by molar-refractivity contribution is 0.0521. The van der Waals surface area contributed by atoms with E-state index in [9.17, 15) is 4.79 Å². The topological polar surface area (TPSA) is 48.0 Å². The number of fused-ring (bicyclic) bond motifs is 1. The Kier molecular flexibility index (Phi) is 4.69. The summed E-state index contributed by atoms with van der Waals surface area (Å²) < 4.78 is 17.4. The summed E-state index contributed by atoms with van der Waals surface area (Å²) in [5.41, 5.74) is 0.642. The molecule has 2 aliphatic rings. The molecule has 0 spiro atoms. The monoisotopic (exact) mass is 353 g/mol. The zero-order valence-corrected chi connectivity index (χ0v) is 14.9. The molecule has 0 bridgehead atoms. The summed E-state index contributed by atoms with van der Waals surface area (Å²) in [6, 6.07) is 14.9. The van der Waals surface area contributed by atoms with Gasteiger partial charge in [-0.15, -0.1) is 0 Å². The molecule has 5 heteroatoms. The lowest BCUT2D eigenvalue weighted by atomic mass is 10.2. The van der Waals surface area contributed by atoms with Gasteiger partial charge in [0.05, 0.1) is 13.2 Å². The molecule has 2 aromatic rings. The van der Waals surface area contributed by atoms with Crippen LogP contribution >= 0.6 is 0 Å². The van der Waals surface area contributed by atoms with Crippen molar-refractivity contribution in [2.45, 2.75) is 18.9 Å². The second-order valence-corrected chi connectivity index (χ2v) is 6.96. The van der Waals surface area contributed by atoms with Gasteiger partial charge in [0, 0.05) is 12.6 Å². The first-order valence-electron chi connectivity index (χ1n) is 9.06. The maximum atomic E-state index is 12.6. The highest BCUT2D eigenvalue weighted by atomic mass is 16.6. The van der Waals surface area contributed by atoms with Crippen molar-refractivity contribution >= 4 is 5.91 Å². The maximum absolute atomic E-state index is 12.6. The van der Waals surface area contributed by atoms with Gasteiger partial charge in [0.1, 0.15) is 12.4 Å². The summed E-state index contributed by atoms with van der Waals surface area (Å²) >= 11 is 0. The fraction of sp³-hybridized carbons (Fsp3) is 0.381. The molecule has 5 nitrogen and oxygen atoms in total. The van der Waals surface area contributed by atoms with Gasteiger partial charge in [-0.3, -0.25) is 4.79 Å². The highest BCUT2D eigenvalue weighted by molar-refractivity contribution is 5.94. The molecule has 1 saturated carbocycles. The second-order valence-electron chi connectivity index (χ2n) is 6.96. The van der Waals surface area contributed by atoms with Gasteiger partial charge >= 0.3 is 0 Å². The van der Waals surface area contributed by atoms with Gasteiger partial charge in [-0.25, -0.2) is 0 Å². The molecule has 26 heavy (non-hydrogen) atoms. The predicted octanol–water partition coefficient (Wildman–Crippen LogP) is 3.39. The Bertz CT molecular complexity index is 770. The van der Waals surface area contributed by atoms with E-state index in [1.165, 1.54) is 12.8 Å².